The SMILES string of the molecule is C[C@@H](N)C(=O)N(C)Cc1ccccc1OC(F)(F)F. The zero-order chi connectivity index (χ0) is 14.6. The number of carbonyl (C=O) groups excluding carboxylic acids is 1. The van der Waals surface area contributed by atoms with E-state index in [9.17, 15) is 18.0 Å². The molecule has 1 aromatic rings. The smallest absolute Gasteiger partial charge is 0.405 e. The largest absolute Gasteiger partial charge is 0.573 e. The van der Waals surface area contributed by atoms with E-state index in [2.05, 4.69) is 4.74 Å². The average molecular weight is 276 g/mol. The molecular formula is C12H15F3N2O2. The molecule has 0 aromatic heterocycles. The quantitative estimate of drug-likeness (QED) is 0.913. The predicted molar refractivity (Wildman–Crippen MR) is 63.2 cm³/mol. The van der Waals surface area contributed by atoms with Crippen molar-refractivity contribution in [1.82, 2.24) is 4.90 Å². The maximum atomic E-state index is 12.2. The number of amides is 1. The van der Waals surface area contributed by atoms with Gasteiger partial charge in [-0.05, 0) is 13.0 Å². The standard InChI is InChI=1S/C12H15F3N2O2/c1-8(16)11(18)17(2)7-9-5-3-4-6-10(9)19-12(13,14)15/h3-6,8H,7,16H2,1-2H3/t8-/m1/s1. The van der Waals surface area contributed by atoms with Gasteiger partial charge in [-0.3, -0.25) is 4.79 Å². The minimum Gasteiger partial charge on any atom is -0.405 e. The van der Waals surface area contributed by atoms with E-state index < -0.39 is 12.4 Å². The van der Waals surface area contributed by atoms with Gasteiger partial charge >= 0.3 is 6.36 Å². The lowest BCUT2D eigenvalue weighted by molar-refractivity contribution is -0.275. The van der Waals surface area contributed by atoms with Crippen LogP contribution in [0.15, 0.2) is 24.3 Å². The molecule has 1 aromatic carbocycles. The second-order valence-electron chi connectivity index (χ2n) is 4.14. The zero-order valence-corrected chi connectivity index (χ0v) is 10.6. The number of benzene rings is 1. The summed E-state index contributed by atoms with van der Waals surface area (Å²) < 4.78 is 40.6. The fourth-order valence-electron chi connectivity index (χ4n) is 1.54. The van der Waals surface area contributed by atoms with Crippen molar-refractivity contribution >= 4 is 5.91 Å². The van der Waals surface area contributed by atoms with E-state index in [1.807, 2.05) is 0 Å². The first-order valence-electron chi connectivity index (χ1n) is 5.55. The third kappa shape index (κ3) is 4.78. The number of alkyl halides is 3. The highest BCUT2D eigenvalue weighted by molar-refractivity contribution is 5.80. The van der Waals surface area contributed by atoms with E-state index in [1.54, 1.807) is 6.07 Å². The number of hydrogen-bond acceptors (Lipinski definition) is 3. The molecule has 0 aliphatic carbocycles. The molecule has 0 radical (unpaired) electrons. The molecule has 0 spiro atoms. The van der Waals surface area contributed by atoms with Gasteiger partial charge in [0, 0.05) is 19.2 Å². The molecule has 106 valence electrons. The number of nitrogens with zero attached hydrogens (tertiary/aromatic N) is 1. The summed E-state index contributed by atoms with van der Waals surface area (Å²) in [5, 5.41) is 0. The topological polar surface area (TPSA) is 55.6 Å². The Morgan fingerprint density at radius 3 is 2.53 bits per heavy atom. The molecule has 0 unspecified atom stereocenters. The number of rotatable bonds is 4. The molecule has 1 rings (SSSR count). The van der Waals surface area contributed by atoms with Crippen LogP contribution in [0.5, 0.6) is 5.75 Å². The van der Waals surface area contributed by atoms with Crippen LogP contribution in [0.4, 0.5) is 13.2 Å². The van der Waals surface area contributed by atoms with Crippen molar-refractivity contribution in [2.75, 3.05) is 7.05 Å². The van der Waals surface area contributed by atoms with E-state index in [-0.39, 0.29) is 23.8 Å². The zero-order valence-electron chi connectivity index (χ0n) is 10.6. The van der Waals surface area contributed by atoms with Crippen LogP contribution >= 0.6 is 0 Å². The number of ether oxygens (including phenoxy) is 1. The molecule has 4 nitrogen and oxygen atoms in total. The van der Waals surface area contributed by atoms with Crippen LogP contribution in [0.3, 0.4) is 0 Å². The summed E-state index contributed by atoms with van der Waals surface area (Å²) in [7, 11) is 1.47. The third-order valence-corrected chi connectivity index (χ3v) is 2.37. The lowest BCUT2D eigenvalue weighted by Crippen LogP contribution is -2.39. The number of halogens is 3. The van der Waals surface area contributed by atoms with Crippen LogP contribution in [-0.2, 0) is 11.3 Å². The van der Waals surface area contributed by atoms with Gasteiger partial charge in [-0.15, -0.1) is 13.2 Å². The highest BCUT2D eigenvalue weighted by Gasteiger charge is 2.32. The fraction of sp³-hybridized carbons (Fsp3) is 0.417. The molecule has 7 heteroatoms. The van der Waals surface area contributed by atoms with E-state index >= 15 is 0 Å². The van der Waals surface area contributed by atoms with E-state index in [0.29, 0.717) is 0 Å². The van der Waals surface area contributed by atoms with Gasteiger partial charge in [0.2, 0.25) is 5.91 Å². The molecule has 0 heterocycles. The van der Waals surface area contributed by atoms with Crippen LogP contribution in [0.1, 0.15) is 12.5 Å². The maximum Gasteiger partial charge on any atom is 0.573 e. The first-order valence-corrected chi connectivity index (χ1v) is 5.55. The number of carbonyl (C=O) groups is 1. The molecule has 0 saturated heterocycles. The van der Waals surface area contributed by atoms with Crippen molar-refractivity contribution in [3.8, 4) is 5.75 Å². The normalized spacial score (nSPS) is 12.9. The monoisotopic (exact) mass is 276 g/mol. The summed E-state index contributed by atoms with van der Waals surface area (Å²) in [4.78, 5) is 12.8. The molecule has 0 saturated carbocycles. The van der Waals surface area contributed by atoms with Gasteiger partial charge in [-0.1, -0.05) is 18.2 Å². The van der Waals surface area contributed by atoms with Gasteiger partial charge < -0.3 is 15.4 Å². The number of nitrogens with two attached hydrogens (primary N) is 1. The second kappa shape index (κ2) is 5.92. The number of para-hydroxylation sites is 1. The molecule has 19 heavy (non-hydrogen) atoms. The van der Waals surface area contributed by atoms with Gasteiger partial charge in [-0.2, -0.15) is 0 Å². The van der Waals surface area contributed by atoms with Gasteiger partial charge in [0.05, 0.1) is 6.04 Å². The fourth-order valence-corrected chi connectivity index (χ4v) is 1.54. The molecule has 1 atom stereocenters. The van der Waals surface area contributed by atoms with Crippen molar-refractivity contribution in [1.29, 1.82) is 0 Å². The first-order chi connectivity index (χ1) is 8.70. The van der Waals surface area contributed by atoms with Gasteiger partial charge in [0.1, 0.15) is 5.75 Å². The van der Waals surface area contributed by atoms with Crippen LogP contribution in [-0.4, -0.2) is 30.3 Å². The number of hydrogen-bond donors (Lipinski definition) is 1. The Kier molecular flexibility index (Phi) is 4.77. The minimum absolute atomic E-state index is 0.00731. The lowest BCUT2D eigenvalue weighted by atomic mass is 10.2. The van der Waals surface area contributed by atoms with Crippen LogP contribution in [0, 0.1) is 0 Å². The maximum absolute atomic E-state index is 12.2. The van der Waals surface area contributed by atoms with Gasteiger partial charge in [0.25, 0.3) is 0 Å². The highest BCUT2D eigenvalue weighted by atomic mass is 19.4. The summed E-state index contributed by atoms with van der Waals surface area (Å²) in [5.41, 5.74) is 5.69. The molecule has 0 aliphatic heterocycles. The molecule has 2 N–H and O–H groups in total. The van der Waals surface area contributed by atoms with Gasteiger partial charge in [0.15, 0.2) is 0 Å². The number of likely N-dealkylation sites (N-methyl/N-ethyl adjacent to an activating group) is 1. The van der Waals surface area contributed by atoms with Gasteiger partial charge in [-0.25, -0.2) is 0 Å². The molecular weight excluding hydrogens is 261 g/mol. The van der Waals surface area contributed by atoms with Crippen LogP contribution in [0.25, 0.3) is 0 Å². The van der Waals surface area contributed by atoms with Crippen LogP contribution < -0.4 is 10.5 Å². The predicted octanol–water partition coefficient (Wildman–Crippen LogP) is 1.89. The minimum atomic E-state index is -4.76. The van der Waals surface area contributed by atoms with Crippen molar-refractivity contribution in [3.63, 3.8) is 0 Å². The second-order valence-corrected chi connectivity index (χ2v) is 4.14. The Bertz CT molecular complexity index is 447. The molecule has 0 aliphatic rings. The third-order valence-electron chi connectivity index (χ3n) is 2.37. The van der Waals surface area contributed by atoms with Crippen molar-refractivity contribution in [3.05, 3.63) is 29.8 Å². The molecule has 0 fully saturated rings. The summed E-state index contributed by atoms with van der Waals surface area (Å²) in [6.07, 6.45) is -4.76. The molecule has 0 bridgehead atoms. The average Bonchev–Trinajstić information content (AvgIpc) is 2.28. The molecule has 1 amide bonds. The van der Waals surface area contributed by atoms with Crippen LogP contribution in [0.2, 0.25) is 0 Å². The summed E-state index contributed by atoms with van der Waals surface area (Å²) in [6.45, 7) is 1.50. The highest BCUT2D eigenvalue weighted by Crippen LogP contribution is 2.26. The van der Waals surface area contributed by atoms with Crippen molar-refractivity contribution in [2.24, 2.45) is 5.73 Å². The van der Waals surface area contributed by atoms with Crippen molar-refractivity contribution < 1.29 is 22.7 Å². The summed E-state index contributed by atoms with van der Waals surface area (Å²) in [6, 6.07) is 4.96. The van der Waals surface area contributed by atoms with E-state index in [0.717, 1.165) is 0 Å². The lowest BCUT2D eigenvalue weighted by Gasteiger charge is -2.21. The van der Waals surface area contributed by atoms with E-state index in [1.165, 1.54) is 37.1 Å². The van der Waals surface area contributed by atoms with Crippen molar-refractivity contribution in [2.45, 2.75) is 25.9 Å². The first kappa shape index (κ1) is 15.3. The Hall–Kier alpha value is -1.76. The van der Waals surface area contributed by atoms with E-state index in [4.69, 9.17) is 5.73 Å². The Balaban J connectivity index is 2.87. The summed E-state index contributed by atoms with van der Waals surface area (Å²) in [5.74, 6) is -0.680. The Morgan fingerprint density at radius 2 is 2.00 bits per heavy atom. The Morgan fingerprint density at radius 1 is 1.42 bits per heavy atom. The summed E-state index contributed by atoms with van der Waals surface area (Å²) >= 11 is 0. The Labute approximate surface area is 108 Å².